The van der Waals surface area contributed by atoms with Crippen LogP contribution in [0.5, 0.6) is 0 Å². The van der Waals surface area contributed by atoms with Crippen LogP contribution < -0.4 is 0 Å². The van der Waals surface area contributed by atoms with E-state index in [2.05, 4.69) is 20.3 Å². The van der Waals surface area contributed by atoms with Gasteiger partial charge < -0.3 is 0 Å². The Morgan fingerprint density at radius 3 is 2.25 bits per heavy atom. The molecule has 0 heterocycles. The van der Waals surface area contributed by atoms with E-state index in [1.165, 1.54) is 6.42 Å². The average molecular weight is 132 g/mol. The van der Waals surface area contributed by atoms with E-state index in [1.54, 1.807) is 0 Å². The Balaban J connectivity index is 2.15. The summed E-state index contributed by atoms with van der Waals surface area (Å²) in [7, 11) is 0. The highest BCUT2D eigenvalue weighted by atomic mass is 35.5. The van der Waals surface area contributed by atoms with E-state index < -0.39 is 0 Å². The third-order valence-electron chi connectivity index (χ3n) is 1.81. The maximum Gasteiger partial charge on any atom is 0.0373 e. The lowest BCUT2D eigenvalue weighted by atomic mass is 9.77. The first-order valence-corrected chi connectivity index (χ1v) is 3.63. The molecule has 1 aliphatic rings. The van der Waals surface area contributed by atoms with Crippen molar-refractivity contribution in [1.29, 1.82) is 0 Å². The Kier molecular flexibility index (Phi) is 1.81. The van der Waals surface area contributed by atoms with Crippen LogP contribution in [0.15, 0.2) is 0 Å². The molecule has 47 valence electrons. The Bertz CT molecular complexity index is 72.5. The Hall–Kier alpha value is 0.290. The molecule has 1 fully saturated rings. The van der Waals surface area contributed by atoms with Gasteiger partial charge in [0, 0.05) is 5.38 Å². The van der Waals surface area contributed by atoms with Crippen molar-refractivity contribution in [3.63, 3.8) is 0 Å². The number of rotatable bonds is 1. The molecule has 1 rings (SSSR count). The van der Waals surface area contributed by atoms with Gasteiger partial charge in [0.25, 0.3) is 0 Å². The molecule has 0 nitrogen and oxygen atoms in total. The van der Waals surface area contributed by atoms with Crippen LogP contribution in [0.3, 0.4) is 0 Å². The molecular weight excluding hydrogens is 120 g/mol. The van der Waals surface area contributed by atoms with Gasteiger partial charge in [-0.2, -0.15) is 0 Å². The van der Waals surface area contributed by atoms with Crippen LogP contribution in [-0.4, -0.2) is 5.38 Å². The van der Waals surface area contributed by atoms with Crippen molar-refractivity contribution in [3.8, 4) is 0 Å². The van der Waals surface area contributed by atoms with Crippen molar-refractivity contribution >= 4 is 11.6 Å². The smallest absolute Gasteiger partial charge is 0.0373 e. The maximum absolute atomic E-state index is 5.73. The summed E-state index contributed by atoms with van der Waals surface area (Å²) < 4.78 is 0. The quantitative estimate of drug-likeness (QED) is 0.480. The molecule has 0 saturated heterocycles. The zero-order valence-electron chi connectivity index (χ0n) is 5.39. The molecule has 8 heavy (non-hydrogen) atoms. The second-order valence-corrected chi connectivity index (χ2v) is 3.41. The summed E-state index contributed by atoms with van der Waals surface area (Å²) in [6.45, 7) is 4.48. The molecule has 2 atom stereocenters. The maximum atomic E-state index is 5.73. The van der Waals surface area contributed by atoms with E-state index >= 15 is 0 Å². The van der Waals surface area contributed by atoms with Gasteiger partial charge in [0.15, 0.2) is 0 Å². The number of hydrogen-bond acceptors (Lipinski definition) is 0. The van der Waals surface area contributed by atoms with Crippen LogP contribution in [0.1, 0.15) is 20.3 Å². The fourth-order valence-corrected chi connectivity index (χ4v) is 1.38. The lowest BCUT2D eigenvalue weighted by Crippen LogP contribution is -2.28. The third-order valence-corrected chi connectivity index (χ3v) is 2.13. The van der Waals surface area contributed by atoms with E-state index in [-0.39, 0.29) is 0 Å². The van der Waals surface area contributed by atoms with Gasteiger partial charge in [0.2, 0.25) is 0 Å². The highest BCUT2D eigenvalue weighted by Gasteiger charge is 2.29. The standard InChI is InChI=1S/C7H12Cl/c1-5(2)6-3-7(8)4-6/h3,5-7H,4H2,1-2H3. The van der Waals surface area contributed by atoms with Crippen molar-refractivity contribution in [2.75, 3.05) is 0 Å². The van der Waals surface area contributed by atoms with E-state index in [0.717, 1.165) is 11.8 Å². The number of alkyl halides is 1. The summed E-state index contributed by atoms with van der Waals surface area (Å²) in [5.41, 5.74) is 0. The number of halogens is 1. The molecule has 0 aromatic heterocycles. The zero-order chi connectivity index (χ0) is 6.15. The SMILES string of the molecule is CC(C)C1[CH]C(Cl)C1. The molecule has 0 spiro atoms. The molecule has 0 N–H and O–H groups in total. The third kappa shape index (κ3) is 1.17. The van der Waals surface area contributed by atoms with Gasteiger partial charge in [0.1, 0.15) is 0 Å². The molecule has 1 saturated carbocycles. The molecule has 1 aliphatic carbocycles. The first-order chi connectivity index (χ1) is 3.70. The molecule has 0 aliphatic heterocycles. The lowest BCUT2D eigenvalue weighted by Gasteiger charge is -2.33. The van der Waals surface area contributed by atoms with Crippen LogP contribution in [-0.2, 0) is 0 Å². The molecular formula is C7H12Cl. The Morgan fingerprint density at radius 1 is 1.62 bits per heavy atom. The molecule has 2 unspecified atom stereocenters. The van der Waals surface area contributed by atoms with Crippen molar-refractivity contribution < 1.29 is 0 Å². The van der Waals surface area contributed by atoms with Crippen molar-refractivity contribution in [2.45, 2.75) is 25.6 Å². The van der Waals surface area contributed by atoms with Crippen LogP contribution in [0, 0.1) is 18.3 Å². The van der Waals surface area contributed by atoms with E-state index in [1.807, 2.05) is 0 Å². The van der Waals surface area contributed by atoms with E-state index in [9.17, 15) is 0 Å². The van der Waals surface area contributed by atoms with Crippen LogP contribution in [0.2, 0.25) is 0 Å². The molecule has 0 aromatic rings. The predicted molar refractivity (Wildman–Crippen MR) is 36.9 cm³/mol. The zero-order valence-corrected chi connectivity index (χ0v) is 6.15. The molecule has 1 radical (unpaired) electrons. The van der Waals surface area contributed by atoms with Gasteiger partial charge in [-0.3, -0.25) is 0 Å². The van der Waals surface area contributed by atoms with Crippen LogP contribution in [0.4, 0.5) is 0 Å². The Labute approximate surface area is 56.2 Å². The number of hydrogen-bond donors (Lipinski definition) is 0. The van der Waals surface area contributed by atoms with Crippen molar-refractivity contribution in [3.05, 3.63) is 6.42 Å². The highest BCUT2D eigenvalue weighted by Crippen LogP contribution is 2.35. The first kappa shape index (κ1) is 6.41. The van der Waals surface area contributed by atoms with E-state index in [0.29, 0.717) is 5.38 Å². The van der Waals surface area contributed by atoms with Crippen LogP contribution in [0.25, 0.3) is 0 Å². The van der Waals surface area contributed by atoms with Gasteiger partial charge in [-0.25, -0.2) is 0 Å². The van der Waals surface area contributed by atoms with Gasteiger partial charge in [-0.15, -0.1) is 11.6 Å². The minimum absolute atomic E-state index is 0.377. The Morgan fingerprint density at radius 2 is 2.12 bits per heavy atom. The van der Waals surface area contributed by atoms with Gasteiger partial charge in [0.05, 0.1) is 0 Å². The van der Waals surface area contributed by atoms with E-state index in [4.69, 9.17) is 11.6 Å². The topological polar surface area (TPSA) is 0 Å². The molecule has 1 heteroatoms. The minimum atomic E-state index is 0.377. The molecule has 0 bridgehead atoms. The van der Waals surface area contributed by atoms with Gasteiger partial charge in [-0.1, -0.05) is 13.8 Å². The summed E-state index contributed by atoms with van der Waals surface area (Å²) in [4.78, 5) is 0. The van der Waals surface area contributed by atoms with Crippen molar-refractivity contribution in [2.24, 2.45) is 11.8 Å². The second kappa shape index (κ2) is 2.26. The summed E-state index contributed by atoms with van der Waals surface area (Å²) in [6.07, 6.45) is 3.42. The monoisotopic (exact) mass is 131 g/mol. The summed E-state index contributed by atoms with van der Waals surface area (Å²) >= 11 is 5.73. The normalized spacial score (nSPS) is 37.5. The van der Waals surface area contributed by atoms with Gasteiger partial charge >= 0.3 is 0 Å². The van der Waals surface area contributed by atoms with Crippen molar-refractivity contribution in [1.82, 2.24) is 0 Å². The first-order valence-electron chi connectivity index (χ1n) is 3.19. The fraction of sp³-hybridized carbons (Fsp3) is 0.857. The summed E-state index contributed by atoms with van der Waals surface area (Å²) in [6, 6.07) is 0. The summed E-state index contributed by atoms with van der Waals surface area (Å²) in [5.74, 6) is 1.60. The molecule has 0 aromatic carbocycles. The average Bonchev–Trinajstić information content (AvgIpc) is 1.57. The minimum Gasteiger partial charge on any atom is -0.123 e. The van der Waals surface area contributed by atoms with Crippen LogP contribution >= 0.6 is 11.6 Å². The predicted octanol–water partition coefficient (Wildman–Crippen LogP) is 2.47. The second-order valence-electron chi connectivity index (χ2n) is 2.85. The largest absolute Gasteiger partial charge is 0.123 e. The fourth-order valence-electron chi connectivity index (χ4n) is 0.984. The molecule has 0 amide bonds. The van der Waals surface area contributed by atoms with Gasteiger partial charge in [-0.05, 0) is 24.7 Å². The summed E-state index contributed by atoms with van der Waals surface area (Å²) in [5, 5.41) is 0.377. The highest BCUT2D eigenvalue weighted by molar-refractivity contribution is 6.22. The lowest BCUT2D eigenvalue weighted by molar-refractivity contribution is 0.331.